The van der Waals surface area contributed by atoms with Crippen molar-refractivity contribution in [2.75, 3.05) is 35.7 Å². The normalized spacial score (nSPS) is 14.0. The predicted octanol–water partition coefficient (Wildman–Crippen LogP) is 2.65. The van der Waals surface area contributed by atoms with E-state index in [-0.39, 0.29) is 0 Å². The molecule has 9 heteroatoms. The average molecular weight is 420 g/mol. The molecule has 8 nitrogen and oxygen atoms in total. The van der Waals surface area contributed by atoms with Crippen LogP contribution in [-0.2, 0) is 14.8 Å². The van der Waals surface area contributed by atoms with Crippen LogP contribution in [0.5, 0.6) is 17.2 Å². The fourth-order valence-electron chi connectivity index (χ4n) is 3.03. The van der Waals surface area contributed by atoms with Crippen LogP contribution in [0.3, 0.4) is 0 Å². The Labute approximate surface area is 170 Å². The molecule has 29 heavy (non-hydrogen) atoms. The van der Waals surface area contributed by atoms with Gasteiger partial charge in [-0.05, 0) is 50.2 Å². The van der Waals surface area contributed by atoms with Crippen LogP contribution in [0.25, 0.3) is 0 Å². The van der Waals surface area contributed by atoms with Crippen LogP contribution in [0, 0.1) is 0 Å². The van der Waals surface area contributed by atoms with Gasteiger partial charge in [-0.25, -0.2) is 8.42 Å². The fourth-order valence-corrected chi connectivity index (χ4v) is 4.21. The Morgan fingerprint density at radius 3 is 2.41 bits per heavy atom. The van der Waals surface area contributed by atoms with Crippen LogP contribution in [0.15, 0.2) is 42.5 Å². The average Bonchev–Trinajstić information content (AvgIpc) is 2.68. The lowest BCUT2D eigenvalue weighted by Gasteiger charge is -2.28. The summed E-state index contributed by atoms with van der Waals surface area (Å²) in [5.41, 5.74) is 0.868. The van der Waals surface area contributed by atoms with E-state index in [0.29, 0.717) is 48.4 Å². The number of carbonyl (C=O) groups is 1. The molecule has 2 aromatic carbocycles. The predicted molar refractivity (Wildman–Crippen MR) is 110 cm³/mol. The molecule has 2 aromatic rings. The van der Waals surface area contributed by atoms with Gasteiger partial charge in [0.05, 0.1) is 18.6 Å². The number of nitrogens with one attached hydrogen (secondary N) is 1. The molecule has 1 heterocycles. The number of carbonyl (C=O) groups excluding carboxylic acids is 1. The molecule has 0 fully saturated rings. The van der Waals surface area contributed by atoms with E-state index in [4.69, 9.17) is 14.2 Å². The lowest BCUT2D eigenvalue weighted by molar-refractivity contribution is -0.116. The number of benzene rings is 2. The highest BCUT2D eigenvalue weighted by molar-refractivity contribution is 7.92. The highest BCUT2D eigenvalue weighted by Gasteiger charge is 2.29. The third kappa shape index (κ3) is 4.92. The van der Waals surface area contributed by atoms with Gasteiger partial charge in [-0.15, -0.1) is 0 Å². The molecule has 0 bridgehead atoms. The molecule has 1 amide bonds. The van der Waals surface area contributed by atoms with E-state index in [9.17, 15) is 13.2 Å². The minimum absolute atomic E-state index is 0.376. The summed E-state index contributed by atoms with van der Waals surface area (Å²) >= 11 is 0. The van der Waals surface area contributed by atoms with E-state index in [2.05, 4.69) is 5.32 Å². The van der Waals surface area contributed by atoms with Crippen LogP contribution in [-0.4, -0.2) is 46.4 Å². The van der Waals surface area contributed by atoms with E-state index in [1.165, 1.54) is 6.92 Å². The van der Waals surface area contributed by atoms with Crippen molar-refractivity contribution in [2.24, 2.45) is 0 Å². The van der Waals surface area contributed by atoms with Crippen molar-refractivity contribution in [3.8, 4) is 17.2 Å². The largest absolute Gasteiger partial charge is 0.494 e. The van der Waals surface area contributed by atoms with Gasteiger partial charge in [0.2, 0.25) is 15.9 Å². The molecule has 0 aliphatic carbocycles. The van der Waals surface area contributed by atoms with Crippen molar-refractivity contribution in [1.29, 1.82) is 0 Å². The summed E-state index contributed by atoms with van der Waals surface area (Å²) in [7, 11) is -3.71. The van der Waals surface area contributed by atoms with Gasteiger partial charge < -0.3 is 19.5 Å². The number of amides is 1. The summed E-state index contributed by atoms with van der Waals surface area (Å²) in [5, 5.41) is 2.74. The maximum absolute atomic E-state index is 12.8. The molecule has 1 aliphatic heterocycles. The second-order valence-electron chi connectivity index (χ2n) is 6.51. The number of hydrogen-bond donors (Lipinski definition) is 1. The third-order valence-corrected chi connectivity index (χ3v) is 5.54. The van der Waals surface area contributed by atoms with Crippen molar-refractivity contribution in [2.45, 2.75) is 19.9 Å². The Balaban J connectivity index is 1.80. The van der Waals surface area contributed by atoms with Gasteiger partial charge >= 0.3 is 0 Å². The van der Waals surface area contributed by atoms with Crippen molar-refractivity contribution in [3.63, 3.8) is 0 Å². The van der Waals surface area contributed by atoms with Gasteiger partial charge in [0, 0.05) is 11.8 Å². The highest BCUT2D eigenvalue weighted by atomic mass is 32.2. The van der Waals surface area contributed by atoms with Crippen molar-refractivity contribution in [1.82, 2.24) is 0 Å². The number of ether oxygens (including phenoxy) is 3. The lowest BCUT2D eigenvalue weighted by Crippen LogP contribution is -2.45. The standard InChI is InChI=1S/C20H24N2O6S/c1-4-26-17-8-6-16(7-9-17)22(29(3,24)25)14(2)20(23)21-15-5-10-18-19(13-15)28-12-11-27-18/h5-10,13-14H,4,11-12H2,1-3H3,(H,21,23). The minimum atomic E-state index is -3.71. The van der Waals surface area contributed by atoms with Gasteiger partial charge in [0.15, 0.2) is 11.5 Å². The fraction of sp³-hybridized carbons (Fsp3) is 0.350. The number of anilines is 2. The minimum Gasteiger partial charge on any atom is -0.494 e. The van der Waals surface area contributed by atoms with E-state index in [1.54, 1.807) is 42.5 Å². The molecule has 0 radical (unpaired) electrons. The lowest BCUT2D eigenvalue weighted by atomic mass is 10.2. The SMILES string of the molecule is CCOc1ccc(N(C(C)C(=O)Nc2ccc3c(c2)OCCO3)S(C)(=O)=O)cc1. The first-order valence-corrected chi connectivity index (χ1v) is 11.1. The van der Waals surface area contributed by atoms with E-state index < -0.39 is 22.0 Å². The summed E-state index contributed by atoms with van der Waals surface area (Å²) in [5.74, 6) is 1.29. The quantitative estimate of drug-likeness (QED) is 0.740. The zero-order chi connectivity index (χ0) is 21.0. The molecule has 0 aromatic heterocycles. The highest BCUT2D eigenvalue weighted by Crippen LogP contribution is 2.33. The maximum atomic E-state index is 12.8. The van der Waals surface area contributed by atoms with Crippen LogP contribution >= 0.6 is 0 Å². The van der Waals surface area contributed by atoms with Gasteiger partial charge in [-0.2, -0.15) is 0 Å². The monoisotopic (exact) mass is 420 g/mol. The van der Waals surface area contributed by atoms with Crippen LogP contribution < -0.4 is 23.8 Å². The number of hydrogen-bond acceptors (Lipinski definition) is 6. The molecule has 3 rings (SSSR count). The van der Waals surface area contributed by atoms with E-state index in [1.807, 2.05) is 6.92 Å². The van der Waals surface area contributed by atoms with E-state index >= 15 is 0 Å². The Morgan fingerprint density at radius 2 is 1.79 bits per heavy atom. The number of rotatable bonds is 7. The van der Waals surface area contributed by atoms with Crippen LogP contribution in [0.2, 0.25) is 0 Å². The molecular formula is C20H24N2O6S. The molecule has 0 spiro atoms. The summed E-state index contributed by atoms with van der Waals surface area (Å²) < 4.78 is 42.3. The number of fused-ring (bicyclic) bond motifs is 1. The zero-order valence-corrected chi connectivity index (χ0v) is 17.4. The summed E-state index contributed by atoms with van der Waals surface area (Å²) in [6, 6.07) is 10.6. The first-order chi connectivity index (χ1) is 13.8. The Morgan fingerprint density at radius 1 is 1.14 bits per heavy atom. The molecular weight excluding hydrogens is 396 g/mol. The third-order valence-electron chi connectivity index (χ3n) is 4.30. The molecule has 0 saturated heterocycles. The topological polar surface area (TPSA) is 94.2 Å². The number of nitrogens with zero attached hydrogens (tertiary/aromatic N) is 1. The Hall–Kier alpha value is -2.94. The molecule has 156 valence electrons. The van der Waals surface area contributed by atoms with Crippen molar-refractivity contribution < 1.29 is 27.4 Å². The first-order valence-electron chi connectivity index (χ1n) is 9.22. The van der Waals surface area contributed by atoms with E-state index in [0.717, 1.165) is 10.6 Å². The molecule has 1 N–H and O–H groups in total. The van der Waals surface area contributed by atoms with Crippen molar-refractivity contribution >= 4 is 27.3 Å². The van der Waals surface area contributed by atoms with Gasteiger partial charge in [0.25, 0.3) is 0 Å². The smallest absolute Gasteiger partial charge is 0.247 e. The molecule has 1 atom stereocenters. The molecule has 0 saturated carbocycles. The zero-order valence-electron chi connectivity index (χ0n) is 16.5. The van der Waals surface area contributed by atoms with Crippen LogP contribution in [0.4, 0.5) is 11.4 Å². The Bertz CT molecular complexity index is 975. The van der Waals surface area contributed by atoms with Crippen molar-refractivity contribution in [3.05, 3.63) is 42.5 Å². The maximum Gasteiger partial charge on any atom is 0.247 e. The first kappa shape index (κ1) is 20.8. The summed E-state index contributed by atoms with van der Waals surface area (Å²) in [6.07, 6.45) is 1.07. The molecule has 1 aliphatic rings. The van der Waals surface area contributed by atoms with Gasteiger partial charge in [0.1, 0.15) is 25.0 Å². The second kappa shape index (κ2) is 8.60. The van der Waals surface area contributed by atoms with Gasteiger partial charge in [-0.1, -0.05) is 0 Å². The Kier molecular flexibility index (Phi) is 6.17. The van der Waals surface area contributed by atoms with Gasteiger partial charge in [-0.3, -0.25) is 9.10 Å². The second-order valence-corrected chi connectivity index (χ2v) is 8.37. The number of sulfonamides is 1. The molecule has 1 unspecified atom stereocenters. The summed E-state index contributed by atoms with van der Waals surface area (Å²) in [6.45, 7) is 4.80. The summed E-state index contributed by atoms with van der Waals surface area (Å²) in [4.78, 5) is 12.8. The van der Waals surface area contributed by atoms with Crippen LogP contribution in [0.1, 0.15) is 13.8 Å².